The molecule has 0 saturated carbocycles. The van der Waals surface area contributed by atoms with Gasteiger partial charge in [-0.15, -0.1) is 11.6 Å². The van der Waals surface area contributed by atoms with Crippen molar-refractivity contribution in [3.05, 3.63) is 30.1 Å². The van der Waals surface area contributed by atoms with Crippen molar-refractivity contribution in [1.82, 2.24) is 5.32 Å². The Bertz CT molecular complexity index is 398. The molecule has 0 aromatic heterocycles. The first kappa shape index (κ1) is 12.4. The largest absolute Gasteiger partial charge is 0.325 e. The van der Waals surface area contributed by atoms with Crippen molar-refractivity contribution >= 4 is 29.2 Å². The van der Waals surface area contributed by atoms with Crippen molar-refractivity contribution in [2.45, 2.75) is 6.42 Å². The molecule has 0 radical (unpaired) electrons. The van der Waals surface area contributed by atoms with Gasteiger partial charge in [0, 0.05) is 12.3 Å². The summed E-state index contributed by atoms with van der Waals surface area (Å²) in [6.07, 6.45) is 0.0340. The van der Waals surface area contributed by atoms with Gasteiger partial charge in [-0.25, -0.2) is 9.18 Å². The lowest BCUT2D eigenvalue weighted by Crippen LogP contribution is -2.34. The van der Waals surface area contributed by atoms with Gasteiger partial charge in [0.2, 0.25) is 5.91 Å². The molecule has 0 atom stereocenters. The topological polar surface area (TPSA) is 58.2 Å². The number of halogens is 2. The SMILES string of the molecule is O=C(CCCl)NC(=O)Nc1ccccc1F. The van der Waals surface area contributed by atoms with Crippen LogP contribution in [-0.4, -0.2) is 17.8 Å². The normalized spacial score (nSPS) is 9.62. The van der Waals surface area contributed by atoms with Gasteiger partial charge in [-0.2, -0.15) is 0 Å². The molecule has 0 fully saturated rings. The van der Waals surface area contributed by atoms with Crippen LogP contribution in [0.3, 0.4) is 0 Å². The van der Waals surface area contributed by atoms with Gasteiger partial charge in [-0.05, 0) is 12.1 Å². The molecule has 0 bridgehead atoms. The third kappa shape index (κ3) is 3.86. The second-order valence-electron chi connectivity index (χ2n) is 2.92. The Morgan fingerprint density at radius 1 is 1.31 bits per heavy atom. The zero-order valence-corrected chi connectivity index (χ0v) is 9.05. The minimum atomic E-state index is -0.778. The smallest absolute Gasteiger partial charge is 0.305 e. The van der Waals surface area contributed by atoms with Crippen molar-refractivity contribution in [3.8, 4) is 0 Å². The molecule has 0 aliphatic heterocycles. The van der Waals surface area contributed by atoms with Gasteiger partial charge >= 0.3 is 6.03 Å². The number of alkyl halides is 1. The Morgan fingerprint density at radius 3 is 2.62 bits per heavy atom. The van der Waals surface area contributed by atoms with E-state index in [-0.39, 0.29) is 18.0 Å². The lowest BCUT2D eigenvalue weighted by atomic mass is 10.3. The molecule has 0 saturated heterocycles. The average molecular weight is 245 g/mol. The predicted molar refractivity (Wildman–Crippen MR) is 58.9 cm³/mol. The Morgan fingerprint density at radius 2 is 2.00 bits per heavy atom. The molecular formula is C10H10ClFN2O2. The fraction of sp³-hybridized carbons (Fsp3) is 0.200. The highest BCUT2D eigenvalue weighted by Crippen LogP contribution is 2.11. The zero-order valence-electron chi connectivity index (χ0n) is 8.30. The van der Waals surface area contributed by atoms with Gasteiger partial charge in [-0.3, -0.25) is 10.1 Å². The molecular weight excluding hydrogens is 235 g/mol. The van der Waals surface area contributed by atoms with Crippen LogP contribution in [0.15, 0.2) is 24.3 Å². The number of benzene rings is 1. The van der Waals surface area contributed by atoms with Crippen LogP contribution in [0, 0.1) is 5.82 Å². The summed E-state index contributed by atoms with van der Waals surface area (Å²) in [6.45, 7) is 0. The lowest BCUT2D eigenvalue weighted by molar-refractivity contribution is -0.119. The fourth-order valence-electron chi connectivity index (χ4n) is 0.991. The average Bonchev–Trinajstić information content (AvgIpc) is 2.21. The summed E-state index contributed by atoms with van der Waals surface area (Å²) in [5, 5.41) is 4.23. The molecule has 16 heavy (non-hydrogen) atoms. The van der Waals surface area contributed by atoms with Crippen molar-refractivity contribution in [1.29, 1.82) is 0 Å². The molecule has 6 heteroatoms. The third-order valence-electron chi connectivity index (χ3n) is 1.70. The van der Waals surface area contributed by atoms with Crippen molar-refractivity contribution in [2.75, 3.05) is 11.2 Å². The summed E-state index contributed by atoms with van der Waals surface area (Å²) in [5.41, 5.74) is 0.0127. The minimum Gasteiger partial charge on any atom is -0.305 e. The Hall–Kier alpha value is -1.62. The fourth-order valence-corrected chi connectivity index (χ4v) is 1.16. The highest BCUT2D eigenvalue weighted by Gasteiger charge is 2.08. The molecule has 4 nitrogen and oxygen atoms in total. The third-order valence-corrected chi connectivity index (χ3v) is 1.89. The molecule has 1 aromatic carbocycles. The minimum absolute atomic E-state index is 0.0127. The Kier molecular flexibility index (Phi) is 4.72. The second-order valence-corrected chi connectivity index (χ2v) is 3.30. The van der Waals surface area contributed by atoms with Gasteiger partial charge in [-0.1, -0.05) is 12.1 Å². The Balaban J connectivity index is 2.52. The number of hydrogen-bond donors (Lipinski definition) is 2. The Labute approximate surface area is 96.8 Å². The van der Waals surface area contributed by atoms with Crippen LogP contribution in [-0.2, 0) is 4.79 Å². The molecule has 3 amide bonds. The molecule has 2 N–H and O–H groups in total. The summed E-state index contributed by atoms with van der Waals surface area (Å²) >= 11 is 5.31. The van der Waals surface area contributed by atoms with E-state index in [4.69, 9.17) is 11.6 Å². The zero-order chi connectivity index (χ0) is 12.0. The highest BCUT2D eigenvalue weighted by molar-refractivity contribution is 6.19. The number of imide groups is 1. The van der Waals surface area contributed by atoms with Gasteiger partial charge in [0.15, 0.2) is 0 Å². The van der Waals surface area contributed by atoms with Crippen LogP contribution in [0.25, 0.3) is 0 Å². The molecule has 0 aliphatic rings. The van der Waals surface area contributed by atoms with Crippen molar-refractivity contribution in [2.24, 2.45) is 0 Å². The van der Waals surface area contributed by atoms with Gasteiger partial charge in [0.1, 0.15) is 5.82 Å². The van der Waals surface area contributed by atoms with Crippen LogP contribution in [0.1, 0.15) is 6.42 Å². The summed E-state index contributed by atoms with van der Waals surface area (Å²) in [5.74, 6) is -0.954. The first-order valence-corrected chi connectivity index (χ1v) is 5.08. The maximum absolute atomic E-state index is 13.1. The summed E-state index contributed by atoms with van der Waals surface area (Å²) in [6, 6.07) is 4.88. The molecule has 0 spiro atoms. The number of amides is 3. The first-order valence-electron chi connectivity index (χ1n) is 4.55. The lowest BCUT2D eigenvalue weighted by Gasteiger charge is -2.06. The number of hydrogen-bond acceptors (Lipinski definition) is 2. The number of anilines is 1. The number of carbonyl (C=O) groups excluding carboxylic acids is 2. The van der Waals surface area contributed by atoms with E-state index in [2.05, 4.69) is 5.32 Å². The van der Waals surface area contributed by atoms with E-state index in [0.717, 1.165) is 0 Å². The number of nitrogens with one attached hydrogen (secondary N) is 2. The number of carbonyl (C=O) groups is 2. The molecule has 1 aromatic rings. The van der Waals surface area contributed by atoms with E-state index in [0.29, 0.717) is 0 Å². The first-order chi connectivity index (χ1) is 7.63. The molecule has 86 valence electrons. The maximum atomic E-state index is 13.1. The number of rotatable bonds is 3. The van der Waals surface area contributed by atoms with Crippen molar-refractivity contribution < 1.29 is 14.0 Å². The van der Waals surface area contributed by atoms with Crippen LogP contribution in [0.2, 0.25) is 0 Å². The quantitative estimate of drug-likeness (QED) is 0.800. The van der Waals surface area contributed by atoms with Crippen molar-refractivity contribution in [3.63, 3.8) is 0 Å². The molecule has 0 aliphatic carbocycles. The summed E-state index contributed by atoms with van der Waals surface area (Å²) in [4.78, 5) is 22.2. The van der Waals surface area contributed by atoms with Crippen LogP contribution in [0.4, 0.5) is 14.9 Å². The molecule has 1 rings (SSSR count). The maximum Gasteiger partial charge on any atom is 0.325 e. The monoisotopic (exact) mass is 244 g/mol. The van der Waals surface area contributed by atoms with E-state index >= 15 is 0 Å². The standard InChI is InChI=1S/C10H10ClFN2O2/c11-6-5-9(15)14-10(16)13-8-4-2-1-3-7(8)12/h1-4H,5-6H2,(H2,13,14,15,16). The van der Waals surface area contributed by atoms with E-state index in [1.54, 1.807) is 6.07 Å². The molecule has 0 heterocycles. The highest BCUT2D eigenvalue weighted by atomic mass is 35.5. The van der Waals surface area contributed by atoms with Crippen LogP contribution in [0.5, 0.6) is 0 Å². The van der Waals surface area contributed by atoms with Crippen LogP contribution < -0.4 is 10.6 Å². The summed E-state index contributed by atoms with van der Waals surface area (Å²) < 4.78 is 13.1. The summed E-state index contributed by atoms with van der Waals surface area (Å²) in [7, 11) is 0. The van der Waals surface area contributed by atoms with E-state index in [1.165, 1.54) is 18.2 Å². The van der Waals surface area contributed by atoms with Gasteiger partial charge in [0.05, 0.1) is 5.69 Å². The number of urea groups is 1. The van der Waals surface area contributed by atoms with Crippen LogP contribution >= 0.6 is 11.6 Å². The van der Waals surface area contributed by atoms with E-state index in [9.17, 15) is 14.0 Å². The van der Waals surface area contributed by atoms with Gasteiger partial charge in [0.25, 0.3) is 0 Å². The number of para-hydroxylation sites is 1. The van der Waals surface area contributed by atoms with E-state index in [1.807, 2.05) is 5.32 Å². The van der Waals surface area contributed by atoms with Gasteiger partial charge < -0.3 is 5.32 Å². The second kappa shape index (κ2) is 6.07. The molecule has 0 unspecified atom stereocenters. The predicted octanol–water partition coefficient (Wildman–Crippen LogP) is 2.10. The van der Waals surface area contributed by atoms with E-state index < -0.39 is 17.8 Å².